The lowest BCUT2D eigenvalue weighted by atomic mass is 10.2. The molecule has 0 saturated carbocycles. The quantitative estimate of drug-likeness (QED) is 0.771. The van der Waals surface area contributed by atoms with Crippen molar-refractivity contribution in [1.29, 1.82) is 0 Å². The van der Waals surface area contributed by atoms with E-state index in [9.17, 15) is 13.2 Å². The van der Waals surface area contributed by atoms with Gasteiger partial charge in [-0.2, -0.15) is 0 Å². The first-order valence-electron chi connectivity index (χ1n) is 8.92. The summed E-state index contributed by atoms with van der Waals surface area (Å²) in [7, 11) is -3.69. The van der Waals surface area contributed by atoms with Crippen LogP contribution in [0.4, 0.5) is 11.4 Å². The second-order valence-electron chi connectivity index (χ2n) is 6.70. The second-order valence-corrected chi connectivity index (χ2v) is 10.0. The van der Waals surface area contributed by atoms with Crippen LogP contribution in [0.1, 0.15) is 26.3 Å². The highest BCUT2D eigenvalue weighted by Crippen LogP contribution is 2.40. The standard InChI is InChI=1S/C20H24N2O3S2/c1-5-22(17-8-6-7-14(2)11-17)27(24,25)18-9-10-19-20(12-18)26-15(3)13-21(19)16(4)23/h6-12,15H,5,13H2,1-4H3. The topological polar surface area (TPSA) is 57.7 Å². The summed E-state index contributed by atoms with van der Waals surface area (Å²) in [5.74, 6) is -0.0334. The first kappa shape index (κ1) is 19.8. The average Bonchev–Trinajstić information content (AvgIpc) is 2.60. The number of nitrogens with zero attached hydrogens (tertiary/aromatic N) is 2. The van der Waals surface area contributed by atoms with Gasteiger partial charge in [-0.3, -0.25) is 9.10 Å². The average molecular weight is 405 g/mol. The normalized spacial score (nSPS) is 16.7. The number of carbonyl (C=O) groups excluding carboxylic acids is 1. The molecule has 0 radical (unpaired) electrons. The third-order valence-corrected chi connectivity index (χ3v) is 7.57. The van der Waals surface area contributed by atoms with Gasteiger partial charge in [-0.15, -0.1) is 11.8 Å². The zero-order valence-corrected chi connectivity index (χ0v) is 17.6. The van der Waals surface area contributed by atoms with Gasteiger partial charge in [0.15, 0.2) is 0 Å². The first-order valence-corrected chi connectivity index (χ1v) is 11.2. The van der Waals surface area contributed by atoms with Crippen molar-refractivity contribution in [3.05, 3.63) is 48.0 Å². The van der Waals surface area contributed by atoms with Crippen molar-refractivity contribution < 1.29 is 13.2 Å². The van der Waals surface area contributed by atoms with Crippen LogP contribution >= 0.6 is 11.8 Å². The monoisotopic (exact) mass is 404 g/mol. The maximum atomic E-state index is 13.3. The fourth-order valence-corrected chi connectivity index (χ4v) is 6.00. The zero-order chi connectivity index (χ0) is 19.8. The van der Waals surface area contributed by atoms with Crippen molar-refractivity contribution >= 4 is 39.1 Å². The first-order chi connectivity index (χ1) is 12.7. The minimum absolute atomic E-state index is 0.0334. The molecule has 2 aromatic carbocycles. The molecular weight excluding hydrogens is 380 g/mol. The molecular formula is C20H24N2O3S2. The number of aryl methyl sites for hydroxylation is 1. The third kappa shape index (κ3) is 3.84. The van der Waals surface area contributed by atoms with Gasteiger partial charge in [0.05, 0.1) is 16.3 Å². The van der Waals surface area contributed by atoms with Crippen LogP contribution in [0.2, 0.25) is 0 Å². The summed E-state index contributed by atoms with van der Waals surface area (Å²) in [6, 6.07) is 12.5. The van der Waals surface area contributed by atoms with Gasteiger partial charge in [-0.05, 0) is 49.7 Å². The Hall–Kier alpha value is -1.99. The lowest BCUT2D eigenvalue weighted by Crippen LogP contribution is -2.37. The Balaban J connectivity index is 2.05. The highest BCUT2D eigenvalue weighted by Gasteiger charge is 2.29. The summed E-state index contributed by atoms with van der Waals surface area (Å²) >= 11 is 1.60. The number of thioether (sulfide) groups is 1. The summed E-state index contributed by atoms with van der Waals surface area (Å²) in [4.78, 5) is 14.7. The van der Waals surface area contributed by atoms with Crippen LogP contribution in [0.25, 0.3) is 0 Å². The van der Waals surface area contributed by atoms with E-state index in [1.165, 1.54) is 11.2 Å². The predicted octanol–water partition coefficient (Wildman–Crippen LogP) is 4.06. The minimum atomic E-state index is -3.69. The van der Waals surface area contributed by atoms with E-state index in [-0.39, 0.29) is 16.1 Å². The van der Waals surface area contributed by atoms with Crippen LogP contribution in [-0.4, -0.2) is 32.7 Å². The molecule has 0 bridgehead atoms. The maximum absolute atomic E-state index is 13.3. The molecule has 0 fully saturated rings. The Morgan fingerprint density at radius 2 is 2.00 bits per heavy atom. The van der Waals surface area contributed by atoms with E-state index in [4.69, 9.17) is 0 Å². The summed E-state index contributed by atoms with van der Waals surface area (Å²) in [6.07, 6.45) is 0. The largest absolute Gasteiger partial charge is 0.310 e. The molecule has 0 saturated heterocycles. The van der Waals surface area contributed by atoms with Crippen molar-refractivity contribution in [2.45, 2.75) is 42.7 Å². The summed E-state index contributed by atoms with van der Waals surface area (Å²) in [5, 5.41) is 0.207. The van der Waals surface area contributed by atoms with E-state index >= 15 is 0 Å². The van der Waals surface area contributed by atoms with Gasteiger partial charge in [0, 0.05) is 30.2 Å². The molecule has 7 heteroatoms. The van der Waals surface area contributed by atoms with Crippen LogP contribution in [0, 0.1) is 6.92 Å². The molecule has 1 aliphatic heterocycles. The number of hydrogen-bond donors (Lipinski definition) is 0. The zero-order valence-electron chi connectivity index (χ0n) is 16.0. The molecule has 5 nitrogen and oxygen atoms in total. The molecule has 144 valence electrons. The number of amides is 1. The summed E-state index contributed by atoms with van der Waals surface area (Å²) < 4.78 is 28.0. The van der Waals surface area contributed by atoms with Crippen molar-refractivity contribution in [2.24, 2.45) is 0 Å². The number of benzene rings is 2. The Labute approximate surface area is 165 Å². The fourth-order valence-electron chi connectivity index (χ4n) is 3.28. The maximum Gasteiger partial charge on any atom is 0.264 e. The number of carbonyl (C=O) groups is 1. The van der Waals surface area contributed by atoms with E-state index in [1.54, 1.807) is 40.9 Å². The number of hydrogen-bond acceptors (Lipinski definition) is 4. The van der Waals surface area contributed by atoms with Crippen LogP contribution < -0.4 is 9.21 Å². The van der Waals surface area contributed by atoms with Crippen molar-refractivity contribution in [1.82, 2.24) is 0 Å². The van der Waals surface area contributed by atoms with Gasteiger partial charge in [0.2, 0.25) is 5.91 Å². The highest BCUT2D eigenvalue weighted by atomic mass is 32.2. The van der Waals surface area contributed by atoms with E-state index in [2.05, 4.69) is 0 Å². The van der Waals surface area contributed by atoms with Crippen molar-refractivity contribution in [3.8, 4) is 0 Å². The second kappa shape index (κ2) is 7.56. The minimum Gasteiger partial charge on any atom is -0.310 e. The molecule has 0 aromatic heterocycles. The third-order valence-electron chi connectivity index (χ3n) is 4.53. The van der Waals surface area contributed by atoms with Gasteiger partial charge in [0.25, 0.3) is 10.0 Å². The fraction of sp³-hybridized carbons (Fsp3) is 0.350. The van der Waals surface area contributed by atoms with Gasteiger partial charge < -0.3 is 4.90 Å². The Morgan fingerprint density at radius 3 is 2.63 bits per heavy atom. The number of fused-ring (bicyclic) bond motifs is 1. The Bertz CT molecular complexity index is 973. The number of sulfonamides is 1. The van der Waals surface area contributed by atoms with Gasteiger partial charge in [0.1, 0.15) is 0 Å². The van der Waals surface area contributed by atoms with E-state index in [0.717, 1.165) is 16.1 Å². The lowest BCUT2D eigenvalue weighted by Gasteiger charge is -2.32. The summed E-state index contributed by atoms with van der Waals surface area (Å²) in [6.45, 7) is 8.31. The number of anilines is 2. The Morgan fingerprint density at radius 1 is 1.26 bits per heavy atom. The van der Waals surface area contributed by atoms with Crippen molar-refractivity contribution in [3.63, 3.8) is 0 Å². The van der Waals surface area contributed by atoms with Crippen LogP contribution in [0.15, 0.2) is 52.3 Å². The molecule has 27 heavy (non-hydrogen) atoms. The molecule has 0 N–H and O–H groups in total. The van der Waals surface area contributed by atoms with Crippen LogP contribution in [0.5, 0.6) is 0 Å². The highest BCUT2D eigenvalue weighted by molar-refractivity contribution is 8.00. The SMILES string of the molecule is CCN(c1cccc(C)c1)S(=O)(=O)c1ccc2c(c1)SC(C)CN2C(C)=O. The van der Waals surface area contributed by atoms with E-state index in [0.29, 0.717) is 18.8 Å². The van der Waals surface area contributed by atoms with Gasteiger partial charge in [-0.1, -0.05) is 19.1 Å². The molecule has 1 amide bonds. The number of rotatable bonds is 4. The van der Waals surface area contributed by atoms with Crippen LogP contribution in [-0.2, 0) is 14.8 Å². The van der Waals surface area contributed by atoms with E-state index < -0.39 is 10.0 Å². The molecule has 1 unspecified atom stereocenters. The molecule has 2 aromatic rings. The Kier molecular flexibility index (Phi) is 5.53. The van der Waals surface area contributed by atoms with Crippen molar-refractivity contribution in [2.75, 3.05) is 22.3 Å². The lowest BCUT2D eigenvalue weighted by molar-refractivity contribution is -0.116. The molecule has 1 atom stereocenters. The molecule has 1 aliphatic rings. The molecule has 0 aliphatic carbocycles. The molecule has 0 spiro atoms. The van der Waals surface area contributed by atoms with E-state index in [1.807, 2.05) is 39.0 Å². The molecule has 3 rings (SSSR count). The smallest absolute Gasteiger partial charge is 0.264 e. The predicted molar refractivity (Wildman–Crippen MR) is 111 cm³/mol. The molecule has 1 heterocycles. The van der Waals surface area contributed by atoms with Crippen LogP contribution in [0.3, 0.4) is 0 Å². The van der Waals surface area contributed by atoms with Gasteiger partial charge >= 0.3 is 0 Å². The summed E-state index contributed by atoms with van der Waals surface area (Å²) in [5.41, 5.74) is 2.44. The van der Waals surface area contributed by atoms with Gasteiger partial charge in [-0.25, -0.2) is 8.42 Å².